The van der Waals surface area contributed by atoms with Crippen LogP contribution < -0.4 is 0 Å². The van der Waals surface area contributed by atoms with E-state index in [9.17, 15) is 9.90 Å². The molecular weight excluding hydrogens is 244 g/mol. The Balaban J connectivity index is 2.07. The molecule has 0 amide bonds. The molecule has 3 atom stereocenters. The van der Waals surface area contributed by atoms with Crippen LogP contribution in [0.25, 0.3) is 0 Å². The Morgan fingerprint density at radius 2 is 2.11 bits per heavy atom. The minimum absolute atomic E-state index is 0.190. The molecule has 104 valence electrons. The molecule has 1 aliphatic heterocycles. The highest BCUT2D eigenvalue weighted by Gasteiger charge is 2.57. The zero-order valence-corrected chi connectivity index (χ0v) is 11.6. The number of aromatic nitrogens is 2. The Bertz CT molecular complexity index is 511. The monoisotopic (exact) mass is 264 g/mol. The van der Waals surface area contributed by atoms with Gasteiger partial charge in [0.25, 0.3) is 0 Å². The van der Waals surface area contributed by atoms with Gasteiger partial charge in [-0.1, -0.05) is 6.92 Å². The van der Waals surface area contributed by atoms with E-state index in [4.69, 9.17) is 4.74 Å². The van der Waals surface area contributed by atoms with Crippen molar-refractivity contribution < 1.29 is 14.6 Å². The summed E-state index contributed by atoms with van der Waals surface area (Å²) >= 11 is 0. The molecule has 1 unspecified atom stereocenters. The Hall–Kier alpha value is -1.36. The number of aromatic carboxylic acids is 1. The van der Waals surface area contributed by atoms with Crippen LogP contribution in [0.3, 0.4) is 0 Å². The molecule has 19 heavy (non-hydrogen) atoms. The SMILES string of the molecule is CCc1c(C(=O)O)nn(C(C)C)c1C1[C@H]2COC[C@@H]12. The molecule has 0 spiro atoms. The maximum atomic E-state index is 11.4. The molecule has 2 heterocycles. The number of fused-ring (bicyclic) bond motifs is 1. The van der Waals surface area contributed by atoms with Gasteiger partial charge in [-0.05, 0) is 32.1 Å². The highest BCUT2D eigenvalue weighted by molar-refractivity contribution is 5.87. The number of carboxylic acids is 1. The van der Waals surface area contributed by atoms with Gasteiger partial charge in [0, 0.05) is 23.2 Å². The lowest BCUT2D eigenvalue weighted by atomic mass is 10.0. The summed E-state index contributed by atoms with van der Waals surface area (Å²) in [7, 11) is 0. The average molecular weight is 264 g/mol. The summed E-state index contributed by atoms with van der Waals surface area (Å²) in [4.78, 5) is 11.4. The van der Waals surface area contributed by atoms with Gasteiger partial charge in [0.1, 0.15) is 0 Å². The van der Waals surface area contributed by atoms with Crippen LogP contribution in [-0.2, 0) is 11.2 Å². The molecular formula is C14H20N2O3. The molecule has 3 rings (SSSR count). The summed E-state index contributed by atoms with van der Waals surface area (Å²) in [5.41, 5.74) is 2.30. The van der Waals surface area contributed by atoms with Gasteiger partial charge in [-0.25, -0.2) is 4.79 Å². The Morgan fingerprint density at radius 1 is 1.47 bits per heavy atom. The van der Waals surface area contributed by atoms with Crippen molar-refractivity contribution in [1.82, 2.24) is 9.78 Å². The first kappa shape index (κ1) is 12.7. The summed E-state index contributed by atoms with van der Waals surface area (Å²) in [5.74, 6) is 0.675. The van der Waals surface area contributed by atoms with Crippen molar-refractivity contribution >= 4 is 5.97 Å². The van der Waals surface area contributed by atoms with Crippen LogP contribution in [0.4, 0.5) is 0 Å². The lowest BCUT2D eigenvalue weighted by molar-refractivity contribution is 0.0688. The van der Waals surface area contributed by atoms with Gasteiger partial charge in [0.15, 0.2) is 5.69 Å². The molecule has 2 aliphatic rings. The van der Waals surface area contributed by atoms with Crippen LogP contribution in [0.15, 0.2) is 0 Å². The van der Waals surface area contributed by atoms with Crippen LogP contribution >= 0.6 is 0 Å². The standard InChI is InChI=1S/C14H20N2O3/c1-4-8-12(14(17)18)15-16(7(2)3)13(8)11-9-5-19-6-10(9)11/h7,9-11H,4-6H2,1-3H3,(H,17,18)/t9-,10+,11?. The van der Waals surface area contributed by atoms with E-state index in [-0.39, 0.29) is 11.7 Å². The van der Waals surface area contributed by atoms with Gasteiger partial charge in [-0.3, -0.25) is 4.68 Å². The quantitative estimate of drug-likeness (QED) is 0.904. The number of nitrogens with zero attached hydrogens (tertiary/aromatic N) is 2. The van der Waals surface area contributed by atoms with E-state index >= 15 is 0 Å². The molecule has 1 aromatic heterocycles. The van der Waals surface area contributed by atoms with Crippen molar-refractivity contribution in [1.29, 1.82) is 0 Å². The highest BCUT2D eigenvalue weighted by Crippen LogP contribution is 2.58. The van der Waals surface area contributed by atoms with E-state index in [2.05, 4.69) is 18.9 Å². The van der Waals surface area contributed by atoms with E-state index in [0.717, 1.165) is 30.9 Å². The van der Waals surface area contributed by atoms with E-state index in [1.165, 1.54) is 0 Å². The normalized spacial score (nSPS) is 28.7. The third kappa shape index (κ3) is 1.79. The molecule has 5 nitrogen and oxygen atoms in total. The fourth-order valence-corrected chi connectivity index (χ4v) is 3.39. The van der Waals surface area contributed by atoms with E-state index < -0.39 is 5.97 Å². The van der Waals surface area contributed by atoms with Crippen molar-refractivity contribution in [3.8, 4) is 0 Å². The maximum absolute atomic E-state index is 11.4. The molecule has 1 N–H and O–H groups in total. The molecule has 5 heteroatoms. The molecule has 0 radical (unpaired) electrons. The molecule has 1 aliphatic carbocycles. The first-order chi connectivity index (χ1) is 9.06. The molecule has 1 aromatic rings. The van der Waals surface area contributed by atoms with Crippen molar-refractivity contribution in [2.75, 3.05) is 13.2 Å². The predicted molar refractivity (Wildman–Crippen MR) is 69.5 cm³/mol. The summed E-state index contributed by atoms with van der Waals surface area (Å²) in [6.45, 7) is 7.73. The molecule has 0 aromatic carbocycles. The van der Waals surface area contributed by atoms with Gasteiger partial charge in [-0.15, -0.1) is 0 Å². The molecule has 2 fully saturated rings. The highest BCUT2D eigenvalue weighted by atomic mass is 16.5. The fraction of sp³-hybridized carbons (Fsp3) is 0.714. The second kappa shape index (κ2) is 4.34. The van der Waals surface area contributed by atoms with Crippen molar-refractivity contribution in [2.24, 2.45) is 11.8 Å². The largest absolute Gasteiger partial charge is 0.476 e. The number of rotatable bonds is 4. The second-order valence-corrected chi connectivity index (χ2v) is 5.80. The smallest absolute Gasteiger partial charge is 0.356 e. The summed E-state index contributed by atoms with van der Waals surface area (Å²) in [6, 6.07) is 0.190. The van der Waals surface area contributed by atoms with Crippen LogP contribution in [-0.4, -0.2) is 34.1 Å². The summed E-state index contributed by atoms with van der Waals surface area (Å²) in [5, 5.41) is 13.7. The van der Waals surface area contributed by atoms with E-state index in [1.54, 1.807) is 0 Å². The number of carboxylic acid groups (broad SMARTS) is 1. The second-order valence-electron chi connectivity index (χ2n) is 5.80. The number of ether oxygens (including phenoxy) is 1. The van der Waals surface area contributed by atoms with Crippen LogP contribution in [0.5, 0.6) is 0 Å². The van der Waals surface area contributed by atoms with Gasteiger partial charge >= 0.3 is 5.97 Å². The number of hydrogen-bond donors (Lipinski definition) is 1. The summed E-state index contributed by atoms with van der Waals surface area (Å²) < 4.78 is 7.36. The predicted octanol–water partition coefficient (Wildman–Crippen LogP) is 2.08. The molecule has 0 bridgehead atoms. The number of hydrogen-bond acceptors (Lipinski definition) is 3. The van der Waals surface area contributed by atoms with E-state index in [0.29, 0.717) is 17.8 Å². The minimum atomic E-state index is -0.917. The zero-order chi connectivity index (χ0) is 13.7. The average Bonchev–Trinajstić information content (AvgIpc) is 2.80. The molecule has 1 saturated carbocycles. The van der Waals surface area contributed by atoms with Crippen molar-refractivity contribution in [3.63, 3.8) is 0 Å². The van der Waals surface area contributed by atoms with Crippen molar-refractivity contribution in [2.45, 2.75) is 39.2 Å². The van der Waals surface area contributed by atoms with Crippen LogP contribution in [0.1, 0.15) is 54.5 Å². The Labute approximate surface area is 112 Å². The number of carbonyl (C=O) groups is 1. The first-order valence-electron chi connectivity index (χ1n) is 6.98. The fourth-order valence-electron chi connectivity index (χ4n) is 3.39. The van der Waals surface area contributed by atoms with Gasteiger partial charge < -0.3 is 9.84 Å². The first-order valence-corrected chi connectivity index (χ1v) is 6.98. The third-order valence-electron chi connectivity index (χ3n) is 4.36. The van der Waals surface area contributed by atoms with Crippen LogP contribution in [0.2, 0.25) is 0 Å². The Kier molecular flexibility index (Phi) is 2.89. The van der Waals surface area contributed by atoms with Crippen molar-refractivity contribution in [3.05, 3.63) is 17.0 Å². The Morgan fingerprint density at radius 3 is 2.58 bits per heavy atom. The van der Waals surface area contributed by atoms with E-state index in [1.807, 2.05) is 11.6 Å². The zero-order valence-electron chi connectivity index (χ0n) is 11.6. The topological polar surface area (TPSA) is 64.3 Å². The van der Waals surface area contributed by atoms with Gasteiger partial charge in [0.2, 0.25) is 0 Å². The third-order valence-corrected chi connectivity index (χ3v) is 4.36. The molecule has 1 saturated heterocycles. The summed E-state index contributed by atoms with van der Waals surface area (Å²) in [6.07, 6.45) is 0.723. The lowest BCUT2D eigenvalue weighted by Gasteiger charge is -2.13. The van der Waals surface area contributed by atoms with Crippen LogP contribution in [0, 0.1) is 11.8 Å². The minimum Gasteiger partial charge on any atom is -0.476 e. The van der Waals surface area contributed by atoms with Gasteiger partial charge in [0.05, 0.1) is 13.2 Å². The maximum Gasteiger partial charge on any atom is 0.356 e. The lowest BCUT2D eigenvalue weighted by Crippen LogP contribution is -2.10. The van der Waals surface area contributed by atoms with Gasteiger partial charge in [-0.2, -0.15) is 5.10 Å².